The second-order valence-electron chi connectivity index (χ2n) is 10.0. The molecule has 2 aromatic heterocycles. The number of nitrogens with zero attached hydrogens (tertiary/aromatic N) is 8. The van der Waals surface area contributed by atoms with Crippen molar-refractivity contribution in [1.82, 2.24) is 35.2 Å². The zero-order valence-electron chi connectivity index (χ0n) is 22.1. The van der Waals surface area contributed by atoms with E-state index < -0.39 is 92.1 Å². The highest BCUT2D eigenvalue weighted by Crippen LogP contribution is 2.59. The van der Waals surface area contributed by atoms with Crippen molar-refractivity contribution in [2.75, 3.05) is 18.9 Å². The van der Waals surface area contributed by atoms with Crippen LogP contribution in [-0.2, 0) is 44.0 Å². The Bertz CT molecular complexity index is 1740. The van der Waals surface area contributed by atoms with Crippen LogP contribution in [0.3, 0.4) is 0 Å². The van der Waals surface area contributed by atoms with Crippen LogP contribution in [0.15, 0.2) is 16.3 Å². The Morgan fingerprint density at radius 1 is 1.22 bits per heavy atom. The molecule has 5 aliphatic rings. The van der Waals surface area contributed by atoms with E-state index in [1.165, 1.54) is 11.2 Å². The van der Waals surface area contributed by atoms with E-state index in [4.69, 9.17) is 45.8 Å². The summed E-state index contributed by atoms with van der Waals surface area (Å²) in [6.45, 7) is -9.96. The number of carbonyl (C=O) groups excluding carboxylic acids is 1. The molecule has 45 heavy (non-hydrogen) atoms. The van der Waals surface area contributed by atoms with Gasteiger partial charge in [0.1, 0.15) is 42.0 Å². The van der Waals surface area contributed by atoms with Crippen LogP contribution < -0.4 is 11.1 Å². The Morgan fingerprint density at radius 3 is 2.82 bits per heavy atom. The number of thioether (sulfide) groups is 1. The third-order valence-corrected chi connectivity index (χ3v) is 11.9. The molecule has 3 unspecified atom stereocenters. The van der Waals surface area contributed by atoms with Crippen molar-refractivity contribution in [3.63, 3.8) is 0 Å². The molecule has 7 rings (SSSR count). The van der Waals surface area contributed by atoms with E-state index in [2.05, 4.69) is 47.8 Å². The highest BCUT2D eigenvalue weighted by Gasteiger charge is 2.56. The lowest BCUT2D eigenvalue weighted by Crippen LogP contribution is -2.52. The first-order chi connectivity index (χ1) is 21.3. The summed E-state index contributed by atoms with van der Waals surface area (Å²) < 4.78 is 74.2. The summed E-state index contributed by atoms with van der Waals surface area (Å²) in [6, 6.07) is -1.10. The summed E-state index contributed by atoms with van der Waals surface area (Å²) in [5.41, 5.74) is 5.91. The molecule has 3 saturated heterocycles. The SMILES string of the molecule is N=C1N=C2C(N=CN2[C@@H]2S[C@@H]3COP(O)(=S)O[C@H]4[C@H](F)[C@H](n5nnc6c(N)ncnc65)O[C@@H]4COP(=O)(S)O[C@@H]2[C@@H]3F)C(=O)N1. The third-order valence-electron chi connectivity index (χ3n) is 7.22. The molecule has 242 valence electrons. The standard InChI is InChI=1S/C19H21F2N11O8P2S3/c20-7-6-2-37-42(35,44)39-11-5(38-17(8(11)21)32-14-9(29-30-32)13(22)24-3-25-14)1-36-41(34,43)40-12(7)18(45-6)31-4-26-10-15(31)27-19(23)28-16(10)33/h3-8,10-12,17-18H,1-2H2,(H,34,43)(H,35,44)(H2,22,24,25)(H2,23,28,33)/t5-,6-,7-,8+,10?,11-,12-,17-,18-,41?,42?/m1/s1. The van der Waals surface area contributed by atoms with Gasteiger partial charge in [0.05, 0.1) is 24.8 Å². The lowest BCUT2D eigenvalue weighted by atomic mass is 10.1. The highest BCUT2D eigenvalue weighted by atomic mass is 32.7. The van der Waals surface area contributed by atoms with Crippen LogP contribution >= 0.6 is 37.5 Å². The number of carbonyl (C=O) groups is 1. The summed E-state index contributed by atoms with van der Waals surface area (Å²) >= 11 is 10.1. The number of nitrogens with two attached hydrogens (primary N) is 1. The molecule has 0 spiro atoms. The monoisotopic (exact) mass is 727 g/mol. The minimum absolute atomic E-state index is 0.0148. The van der Waals surface area contributed by atoms with Gasteiger partial charge in [-0.3, -0.25) is 34.1 Å². The van der Waals surface area contributed by atoms with Gasteiger partial charge in [-0.2, -0.15) is 9.67 Å². The molecule has 5 aliphatic heterocycles. The average Bonchev–Trinajstić information content (AvgIpc) is 3.72. The number of ether oxygens (including phenoxy) is 1. The quantitative estimate of drug-likeness (QED) is 0.203. The van der Waals surface area contributed by atoms with E-state index in [0.29, 0.717) is 0 Å². The molecule has 2 aromatic rings. The summed E-state index contributed by atoms with van der Waals surface area (Å²) in [6.07, 6.45) is -7.81. The van der Waals surface area contributed by atoms with Crippen molar-refractivity contribution < 1.29 is 45.9 Å². The molecule has 19 nitrogen and oxygen atoms in total. The molecule has 0 aliphatic carbocycles. The summed E-state index contributed by atoms with van der Waals surface area (Å²) in [5.74, 6) is -1.06. The van der Waals surface area contributed by atoms with Crippen LogP contribution in [0.2, 0.25) is 0 Å². The summed E-state index contributed by atoms with van der Waals surface area (Å²) in [5, 5.41) is 15.6. The zero-order valence-corrected chi connectivity index (χ0v) is 26.5. The number of aromatic nitrogens is 5. The summed E-state index contributed by atoms with van der Waals surface area (Å²) in [7, 11) is 0. The van der Waals surface area contributed by atoms with Gasteiger partial charge in [-0.05, 0) is 11.8 Å². The first kappa shape index (κ1) is 31.4. The number of hydrogen-bond donors (Lipinski definition) is 5. The number of alkyl halides is 2. The van der Waals surface area contributed by atoms with Crippen molar-refractivity contribution in [3.8, 4) is 0 Å². The number of amidine groups is 1. The Balaban J connectivity index is 1.17. The first-order valence-corrected chi connectivity index (χ1v) is 19.1. The zero-order chi connectivity index (χ0) is 31.8. The maximum absolute atomic E-state index is 16.0. The number of rotatable bonds is 2. The van der Waals surface area contributed by atoms with Gasteiger partial charge >= 0.3 is 13.5 Å². The fourth-order valence-corrected chi connectivity index (χ4v) is 9.77. The molecule has 7 heterocycles. The number of hydrogen-bond acceptors (Lipinski definition) is 17. The lowest BCUT2D eigenvalue weighted by Gasteiger charge is -2.31. The van der Waals surface area contributed by atoms with Gasteiger partial charge < -0.3 is 24.8 Å². The minimum Gasteiger partial charge on any atom is -0.382 e. The first-order valence-electron chi connectivity index (χ1n) is 12.8. The van der Waals surface area contributed by atoms with Crippen LogP contribution in [0, 0.1) is 5.41 Å². The van der Waals surface area contributed by atoms with Crippen molar-refractivity contribution >= 4 is 90.4 Å². The van der Waals surface area contributed by atoms with E-state index in [9.17, 15) is 14.3 Å². The van der Waals surface area contributed by atoms with Crippen LogP contribution in [0.5, 0.6) is 0 Å². The normalized spacial score (nSPS) is 42.0. The lowest BCUT2D eigenvalue weighted by molar-refractivity contribution is -0.119. The number of amides is 1. The van der Waals surface area contributed by atoms with Gasteiger partial charge in [0.15, 0.2) is 35.4 Å². The molecule has 2 bridgehead atoms. The third kappa shape index (κ3) is 5.69. The molecule has 0 radical (unpaired) electrons. The molecule has 1 amide bonds. The number of anilines is 1. The number of nitrogen functional groups attached to an aromatic ring is 1. The van der Waals surface area contributed by atoms with E-state index >= 15 is 8.78 Å². The molecule has 5 N–H and O–H groups in total. The number of nitrogens with one attached hydrogen (secondary N) is 2. The molecule has 3 fully saturated rings. The highest BCUT2D eigenvalue weighted by molar-refractivity contribution is 8.44. The molecule has 0 aromatic carbocycles. The van der Waals surface area contributed by atoms with E-state index in [1.807, 2.05) is 0 Å². The van der Waals surface area contributed by atoms with Crippen LogP contribution in [0.4, 0.5) is 14.6 Å². The fraction of sp³-hybridized carbons (Fsp3) is 0.579. The number of guanidine groups is 1. The van der Waals surface area contributed by atoms with Crippen LogP contribution in [-0.4, -0.2) is 119 Å². The van der Waals surface area contributed by atoms with Crippen molar-refractivity contribution in [2.45, 2.75) is 53.5 Å². The van der Waals surface area contributed by atoms with Gasteiger partial charge in [-0.25, -0.2) is 23.3 Å². The second kappa shape index (κ2) is 11.5. The van der Waals surface area contributed by atoms with E-state index in [1.54, 1.807) is 0 Å². The number of fused-ring (bicyclic) bond motifs is 5. The summed E-state index contributed by atoms with van der Waals surface area (Å²) in [4.78, 5) is 40.5. The molecule has 11 atom stereocenters. The number of thiol groups is 1. The predicted octanol–water partition coefficient (Wildman–Crippen LogP) is 0.0661. The van der Waals surface area contributed by atoms with E-state index in [-0.39, 0.29) is 22.8 Å². The van der Waals surface area contributed by atoms with Gasteiger partial charge in [0.25, 0.3) is 5.91 Å². The van der Waals surface area contributed by atoms with Crippen LogP contribution in [0.25, 0.3) is 11.2 Å². The number of aliphatic imine (C=N–C) groups is 2. The maximum Gasteiger partial charge on any atom is 0.386 e. The van der Waals surface area contributed by atoms with Gasteiger partial charge in [-0.1, -0.05) is 17.5 Å². The van der Waals surface area contributed by atoms with Crippen molar-refractivity contribution in [2.24, 2.45) is 9.98 Å². The molecular weight excluding hydrogens is 706 g/mol. The van der Waals surface area contributed by atoms with E-state index in [0.717, 1.165) is 22.8 Å². The second-order valence-corrected chi connectivity index (χ2v) is 17.1. The fourth-order valence-electron chi connectivity index (χ4n) is 5.21. The van der Waals surface area contributed by atoms with Gasteiger partial charge in [0.2, 0.25) is 5.96 Å². The predicted molar refractivity (Wildman–Crippen MR) is 159 cm³/mol. The molecule has 26 heteroatoms. The average molecular weight is 728 g/mol. The Labute approximate surface area is 265 Å². The maximum atomic E-state index is 16.0. The Hall–Kier alpha value is -2.24. The largest absolute Gasteiger partial charge is 0.386 e. The Morgan fingerprint density at radius 2 is 2.02 bits per heavy atom. The molecule has 0 saturated carbocycles. The van der Waals surface area contributed by atoms with Crippen molar-refractivity contribution in [1.29, 1.82) is 5.41 Å². The van der Waals surface area contributed by atoms with Gasteiger partial charge in [0, 0.05) is 0 Å². The minimum atomic E-state index is -4.44. The Kier molecular flexibility index (Phi) is 8.00. The topological polar surface area (TPSA) is 247 Å². The van der Waals surface area contributed by atoms with Crippen LogP contribution in [0.1, 0.15) is 6.23 Å². The van der Waals surface area contributed by atoms with Crippen molar-refractivity contribution in [3.05, 3.63) is 6.33 Å². The molecular formula is C19H21F2N11O8P2S3. The smallest absolute Gasteiger partial charge is 0.382 e. The van der Waals surface area contributed by atoms with Gasteiger partial charge in [-0.15, -0.1) is 16.9 Å². The number of halogens is 2.